The number of fused-ring (bicyclic) bond motifs is 1. The van der Waals surface area contributed by atoms with Crippen LogP contribution in [0.25, 0.3) is 10.9 Å². The number of morpholine rings is 1. The summed E-state index contributed by atoms with van der Waals surface area (Å²) in [6.45, 7) is 4.40. The summed E-state index contributed by atoms with van der Waals surface area (Å²) in [5, 5.41) is 3.95. The van der Waals surface area contributed by atoms with Gasteiger partial charge in [0.15, 0.2) is 5.43 Å². The van der Waals surface area contributed by atoms with E-state index in [9.17, 15) is 9.59 Å². The number of aromatic nitrogens is 1. The highest BCUT2D eigenvalue weighted by atomic mass is 16.5. The average Bonchev–Trinajstić information content (AvgIpc) is 2.89. The van der Waals surface area contributed by atoms with Crippen LogP contribution in [0.2, 0.25) is 0 Å². The van der Waals surface area contributed by atoms with Crippen molar-refractivity contribution in [3.8, 4) is 0 Å². The fourth-order valence-electron chi connectivity index (χ4n) is 3.67. The lowest BCUT2D eigenvalue weighted by Gasteiger charge is -2.41. The summed E-state index contributed by atoms with van der Waals surface area (Å²) in [4.78, 5) is 26.8. The topological polar surface area (TPSA) is 72.8 Å². The van der Waals surface area contributed by atoms with Crippen molar-refractivity contribution in [1.29, 1.82) is 0 Å². The molecule has 0 bridgehead atoms. The number of nitrogens with one attached hydrogen (secondary N) is 1. The van der Waals surface area contributed by atoms with Crippen molar-refractivity contribution >= 4 is 16.8 Å². The van der Waals surface area contributed by atoms with Crippen molar-refractivity contribution in [3.63, 3.8) is 0 Å². The molecule has 0 radical (unpaired) electrons. The zero-order valence-corrected chi connectivity index (χ0v) is 14.6. The Hall–Kier alpha value is -2.22. The zero-order chi connectivity index (χ0) is 18.0. The minimum absolute atomic E-state index is 0.0192. The summed E-state index contributed by atoms with van der Waals surface area (Å²) in [6, 6.07) is 8.88. The van der Waals surface area contributed by atoms with Crippen LogP contribution in [0, 0.1) is 0 Å². The van der Waals surface area contributed by atoms with Crippen molar-refractivity contribution in [2.75, 3.05) is 46.0 Å². The van der Waals surface area contributed by atoms with Gasteiger partial charge in [-0.25, -0.2) is 0 Å². The molecular formula is C19H23N3O4. The highest BCUT2D eigenvalue weighted by molar-refractivity contribution is 5.82. The second-order valence-corrected chi connectivity index (χ2v) is 6.90. The van der Waals surface area contributed by atoms with Crippen LogP contribution in [0.3, 0.4) is 0 Å². The standard InChI is InChI=1S/C19H23N3O4/c23-17-5-7-21(16-4-2-1-3-15(16)17)11-18(24)22-8-10-26-19(13-22)12-20-6-9-25-14-19/h1-5,7,20H,6,8-14H2/t19-/m1/s1. The van der Waals surface area contributed by atoms with Crippen molar-refractivity contribution in [2.24, 2.45) is 0 Å². The van der Waals surface area contributed by atoms with E-state index in [0.29, 0.717) is 44.8 Å². The number of hydrogen-bond donors (Lipinski definition) is 1. The molecule has 0 aliphatic carbocycles. The molecule has 7 heteroatoms. The first-order chi connectivity index (χ1) is 12.7. The second-order valence-electron chi connectivity index (χ2n) is 6.90. The van der Waals surface area contributed by atoms with Gasteiger partial charge >= 0.3 is 0 Å². The first-order valence-corrected chi connectivity index (χ1v) is 8.95. The summed E-state index contributed by atoms with van der Waals surface area (Å²) in [5.41, 5.74) is 0.267. The number of pyridine rings is 1. The molecule has 1 atom stereocenters. The van der Waals surface area contributed by atoms with Crippen molar-refractivity contribution in [2.45, 2.75) is 12.1 Å². The van der Waals surface area contributed by atoms with E-state index in [1.807, 2.05) is 27.7 Å². The maximum Gasteiger partial charge on any atom is 0.242 e. The van der Waals surface area contributed by atoms with Crippen LogP contribution in [-0.4, -0.2) is 67.0 Å². The molecule has 2 aromatic rings. The molecule has 1 aromatic heterocycles. The second kappa shape index (κ2) is 7.19. The Morgan fingerprint density at radius 1 is 1.23 bits per heavy atom. The quantitative estimate of drug-likeness (QED) is 0.832. The predicted octanol–water partition coefficient (Wildman–Crippen LogP) is 0.219. The number of hydrogen-bond acceptors (Lipinski definition) is 5. The van der Waals surface area contributed by atoms with E-state index in [1.54, 1.807) is 12.3 Å². The first-order valence-electron chi connectivity index (χ1n) is 8.95. The molecule has 2 fully saturated rings. The first kappa shape index (κ1) is 17.2. The van der Waals surface area contributed by atoms with Gasteiger partial charge in [-0.2, -0.15) is 0 Å². The van der Waals surface area contributed by atoms with E-state index in [-0.39, 0.29) is 17.9 Å². The molecule has 4 rings (SSSR count). The van der Waals surface area contributed by atoms with Crippen LogP contribution in [0.1, 0.15) is 0 Å². The van der Waals surface area contributed by atoms with Crippen LogP contribution >= 0.6 is 0 Å². The molecule has 2 aliphatic heterocycles. The highest BCUT2D eigenvalue weighted by Gasteiger charge is 2.39. The Balaban J connectivity index is 1.53. The summed E-state index contributed by atoms with van der Waals surface area (Å²) >= 11 is 0. The van der Waals surface area contributed by atoms with Crippen molar-refractivity contribution in [1.82, 2.24) is 14.8 Å². The lowest BCUT2D eigenvalue weighted by molar-refractivity contribution is -0.158. The Kier molecular flexibility index (Phi) is 4.76. The van der Waals surface area contributed by atoms with Crippen LogP contribution in [0.4, 0.5) is 0 Å². The molecule has 1 N–H and O–H groups in total. The summed E-state index contributed by atoms with van der Waals surface area (Å²) < 4.78 is 13.4. The van der Waals surface area contributed by atoms with Gasteiger partial charge in [0.25, 0.3) is 0 Å². The molecule has 7 nitrogen and oxygen atoms in total. The Labute approximate surface area is 151 Å². The Morgan fingerprint density at radius 2 is 2.12 bits per heavy atom. The average molecular weight is 357 g/mol. The molecule has 3 heterocycles. The van der Waals surface area contributed by atoms with Crippen LogP contribution in [0.15, 0.2) is 41.3 Å². The van der Waals surface area contributed by atoms with Gasteiger partial charge in [-0.05, 0) is 12.1 Å². The van der Waals surface area contributed by atoms with E-state index in [2.05, 4.69) is 5.32 Å². The van der Waals surface area contributed by atoms with Crippen LogP contribution < -0.4 is 10.7 Å². The van der Waals surface area contributed by atoms with Gasteiger partial charge in [-0.1, -0.05) is 12.1 Å². The molecule has 0 unspecified atom stereocenters. The maximum atomic E-state index is 12.9. The third-order valence-electron chi connectivity index (χ3n) is 5.03. The van der Waals surface area contributed by atoms with Crippen LogP contribution in [-0.2, 0) is 20.8 Å². The fraction of sp³-hybridized carbons (Fsp3) is 0.474. The van der Waals surface area contributed by atoms with Crippen LogP contribution in [0.5, 0.6) is 0 Å². The number of amides is 1. The fourth-order valence-corrected chi connectivity index (χ4v) is 3.67. The number of para-hydroxylation sites is 1. The Morgan fingerprint density at radius 3 is 3.04 bits per heavy atom. The minimum Gasteiger partial charge on any atom is -0.377 e. The number of nitrogens with zero attached hydrogens (tertiary/aromatic N) is 2. The predicted molar refractivity (Wildman–Crippen MR) is 97.2 cm³/mol. The van der Waals surface area contributed by atoms with Crippen molar-refractivity contribution < 1.29 is 14.3 Å². The molecule has 1 spiro atoms. The van der Waals surface area contributed by atoms with Gasteiger partial charge < -0.3 is 24.3 Å². The summed E-state index contributed by atoms with van der Waals surface area (Å²) in [7, 11) is 0. The molecule has 138 valence electrons. The van der Waals surface area contributed by atoms with E-state index >= 15 is 0 Å². The third kappa shape index (κ3) is 3.38. The molecule has 2 aliphatic rings. The number of benzene rings is 1. The maximum absolute atomic E-state index is 12.9. The molecule has 1 amide bonds. The van der Waals surface area contributed by atoms with Gasteiger partial charge in [-0.3, -0.25) is 9.59 Å². The van der Waals surface area contributed by atoms with E-state index in [0.717, 1.165) is 12.1 Å². The Bertz CT molecular complexity index is 855. The molecule has 2 saturated heterocycles. The van der Waals surface area contributed by atoms with Gasteiger partial charge in [0.05, 0.1) is 31.9 Å². The summed E-state index contributed by atoms with van der Waals surface area (Å²) in [6.07, 6.45) is 1.69. The molecule has 26 heavy (non-hydrogen) atoms. The lowest BCUT2D eigenvalue weighted by atomic mass is 10.0. The number of rotatable bonds is 2. The van der Waals surface area contributed by atoms with E-state index in [4.69, 9.17) is 9.47 Å². The monoisotopic (exact) mass is 357 g/mol. The molecular weight excluding hydrogens is 334 g/mol. The van der Waals surface area contributed by atoms with E-state index < -0.39 is 5.60 Å². The van der Waals surface area contributed by atoms with Gasteiger partial charge in [0.2, 0.25) is 5.91 Å². The number of carbonyl (C=O) groups is 1. The lowest BCUT2D eigenvalue weighted by Crippen LogP contribution is -2.59. The smallest absolute Gasteiger partial charge is 0.242 e. The highest BCUT2D eigenvalue weighted by Crippen LogP contribution is 2.20. The van der Waals surface area contributed by atoms with Gasteiger partial charge in [-0.15, -0.1) is 0 Å². The summed E-state index contributed by atoms with van der Waals surface area (Å²) in [5.74, 6) is 0.0192. The van der Waals surface area contributed by atoms with Gasteiger partial charge in [0, 0.05) is 37.3 Å². The minimum atomic E-state index is -0.476. The SMILES string of the molecule is O=C(Cn1ccc(=O)c2ccccc21)N1CCO[C@]2(CNCCOC2)C1. The molecule has 0 saturated carbocycles. The number of carbonyl (C=O) groups excluding carboxylic acids is 1. The third-order valence-corrected chi connectivity index (χ3v) is 5.03. The normalized spacial score (nSPS) is 23.9. The zero-order valence-electron chi connectivity index (χ0n) is 14.6. The van der Waals surface area contributed by atoms with Crippen molar-refractivity contribution in [3.05, 3.63) is 46.8 Å². The number of ether oxygens (including phenoxy) is 2. The van der Waals surface area contributed by atoms with Gasteiger partial charge in [0.1, 0.15) is 12.1 Å². The van der Waals surface area contributed by atoms with E-state index in [1.165, 1.54) is 6.07 Å². The molecule has 1 aromatic carbocycles. The largest absolute Gasteiger partial charge is 0.377 e.